The standard InChI is InChI=1S/C7H10BNO/c8-6-3-1-5(2-4-6)7(9)10/h1,3-5H,2,8H2,(H2,9,10). The van der Waals surface area contributed by atoms with E-state index in [1.165, 1.54) is 5.47 Å². The first-order valence-electron chi connectivity index (χ1n) is 3.34. The van der Waals surface area contributed by atoms with Crippen molar-refractivity contribution in [1.82, 2.24) is 0 Å². The smallest absolute Gasteiger partial charge is 0.224 e. The largest absolute Gasteiger partial charge is 0.369 e. The molecule has 0 aliphatic heterocycles. The van der Waals surface area contributed by atoms with Crippen molar-refractivity contribution in [3.05, 3.63) is 23.7 Å². The summed E-state index contributed by atoms with van der Waals surface area (Å²) >= 11 is 0. The summed E-state index contributed by atoms with van der Waals surface area (Å²) in [6, 6.07) is 0. The quantitative estimate of drug-likeness (QED) is 0.487. The lowest BCUT2D eigenvalue weighted by atomic mass is 9.86. The molecule has 1 unspecified atom stereocenters. The number of amides is 1. The molecule has 2 nitrogen and oxygen atoms in total. The lowest BCUT2D eigenvalue weighted by Gasteiger charge is -2.09. The number of hydrogen-bond acceptors (Lipinski definition) is 1. The number of allylic oxidation sites excluding steroid dienone is 3. The summed E-state index contributed by atoms with van der Waals surface area (Å²) in [5.74, 6) is -0.316. The lowest BCUT2D eigenvalue weighted by molar-refractivity contribution is -0.120. The fourth-order valence-corrected chi connectivity index (χ4v) is 0.938. The van der Waals surface area contributed by atoms with Crippen LogP contribution in [0.4, 0.5) is 0 Å². The van der Waals surface area contributed by atoms with Crippen LogP contribution in [-0.4, -0.2) is 13.8 Å². The minimum absolute atomic E-state index is 0.0799. The van der Waals surface area contributed by atoms with Gasteiger partial charge >= 0.3 is 0 Å². The second-order valence-electron chi connectivity index (χ2n) is 2.55. The molecular weight excluding hydrogens is 125 g/mol. The van der Waals surface area contributed by atoms with E-state index in [0.717, 1.165) is 6.42 Å². The molecule has 52 valence electrons. The van der Waals surface area contributed by atoms with E-state index < -0.39 is 0 Å². The van der Waals surface area contributed by atoms with Crippen molar-refractivity contribution in [3.63, 3.8) is 0 Å². The van der Waals surface area contributed by atoms with E-state index in [1.54, 1.807) is 0 Å². The molecule has 0 aromatic carbocycles. The van der Waals surface area contributed by atoms with Crippen molar-refractivity contribution in [1.29, 1.82) is 0 Å². The van der Waals surface area contributed by atoms with Gasteiger partial charge in [0.2, 0.25) is 5.91 Å². The molecule has 1 aliphatic rings. The van der Waals surface area contributed by atoms with Crippen LogP contribution in [0.15, 0.2) is 23.7 Å². The molecule has 0 bridgehead atoms. The van der Waals surface area contributed by atoms with Crippen molar-refractivity contribution in [2.45, 2.75) is 6.42 Å². The van der Waals surface area contributed by atoms with Crippen LogP contribution in [0.1, 0.15) is 6.42 Å². The Morgan fingerprint density at radius 1 is 1.80 bits per heavy atom. The normalized spacial score (nSPS) is 24.0. The molecule has 0 saturated carbocycles. The molecule has 0 aromatic rings. The van der Waals surface area contributed by atoms with E-state index >= 15 is 0 Å². The van der Waals surface area contributed by atoms with E-state index in [1.807, 2.05) is 26.1 Å². The minimum Gasteiger partial charge on any atom is -0.369 e. The molecule has 1 amide bonds. The summed E-state index contributed by atoms with van der Waals surface area (Å²) < 4.78 is 0. The van der Waals surface area contributed by atoms with Gasteiger partial charge in [0.05, 0.1) is 5.92 Å². The molecule has 0 heterocycles. The third kappa shape index (κ3) is 1.50. The maximum absolute atomic E-state index is 10.6. The summed E-state index contributed by atoms with van der Waals surface area (Å²) in [7, 11) is 2.01. The van der Waals surface area contributed by atoms with Gasteiger partial charge in [0.15, 0.2) is 0 Å². The molecule has 0 saturated heterocycles. The SMILES string of the molecule is BC1=CCC(C(N)=O)C=C1. The van der Waals surface area contributed by atoms with Crippen molar-refractivity contribution in [2.24, 2.45) is 11.7 Å². The molecular formula is C7H10BNO. The van der Waals surface area contributed by atoms with E-state index in [0.29, 0.717) is 0 Å². The topological polar surface area (TPSA) is 43.1 Å². The highest BCUT2D eigenvalue weighted by Crippen LogP contribution is 2.13. The maximum Gasteiger partial charge on any atom is 0.224 e. The number of hydrogen-bond donors (Lipinski definition) is 1. The Labute approximate surface area is 61.2 Å². The Balaban J connectivity index is 2.60. The van der Waals surface area contributed by atoms with E-state index in [4.69, 9.17) is 5.73 Å². The van der Waals surface area contributed by atoms with Crippen LogP contribution < -0.4 is 5.73 Å². The molecule has 0 radical (unpaired) electrons. The molecule has 1 aliphatic carbocycles. The number of carbonyl (C=O) groups is 1. The van der Waals surface area contributed by atoms with Gasteiger partial charge in [0, 0.05) is 0 Å². The summed E-state index contributed by atoms with van der Waals surface area (Å²) in [4.78, 5) is 10.6. The summed E-state index contributed by atoms with van der Waals surface area (Å²) in [5, 5.41) is 0. The van der Waals surface area contributed by atoms with Crippen LogP contribution in [0.3, 0.4) is 0 Å². The Bertz CT molecular complexity index is 208. The monoisotopic (exact) mass is 135 g/mol. The van der Waals surface area contributed by atoms with Crippen molar-refractivity contribution >= 4 is 13.8 Å². The summed E-state index contributed by atoms with van der Waals surface area (Å²) in [6.45, 7) is 0. The first kappa shape index (κ1) is 7.13. The predicted octanol–water partition coefficient (Wildman–Crippen LogP) is -0.435. The lowest BCUT2D eigenvalue weighted by Crippen LogP contribution is -2.22. The van der Waals surface area contributed by atoms with Crippen LogP contribution in [0.5, 0.6) is 0 Å². The van der Waals surface area contributed by atoms with Crippen molar-refractivity contribution < 1.29 is 4.79 Å². The van der Waals surface area contributed by atoms with Crippen LogP contribution in [0, 0.1) is 5.92 Å². The van der Waals surface area contributed by atoms with Gasteiger partial charge < -0.3 is 5.73 Å². The van der Waals surface area contributed by atoms with Gasteiger partial charge in [-0.1, -0.05) is 23.7 Å². The second-order valence-corrected chi connectivity index (χ2v) is 2.55. The van der Waals surface area contributed by atoms with Crippen LogP contribution in [0.25, 0.3) is 0 Å². The highest BCUT2D eigenvalue weighted by atomic mass is 16.1. The first-order chi connectivity index (χ1) is 4.70. The highest BCUT2D eigenvalue weighted by Gasteiger charge is 2.11. The maximum atomic E-state index is 10.6. The second kappa shape index (κ2) is 2.73. The van der Waals surface area contributed by atoms with Gasteiger partial charge in [-0.2, -0.15) is 0 Å². The fraction of sp³-hybridized carbons (Fsp3) is 0.286. The third-order valence-electron chi connectivity index (χ3n) is 1.65. The first-order valence-corrected chi connectivity index (χ1v) is 3.34. The van der Waals surface area contributed by atoms with Crippen LogP contribution in [0.2, 0.25) is 0 Å². The molecule has 3 heteroatoms. The number of nitrogens with two attached hydrogens (primary N) is 1. The van der Waals surface area contributed by atoms with Gasteiger partial charge in [-0.05, 0) is 6.42 Å². The molecule has 1 rings (SSSR count). The molecule has 1 atom stereocenters. The minimum atomic E-state index is -0.236. The Morgan fingerprint density at radius 2 is 2.50 bits per heavy atom. The molecule has 0 spiro atoms. The molecule has 2 N–H and O–H groups in total. The summed E-state index contributed by atoms with van der Waals surface area (Å²) in [5.41, 5.74) is 6.30. The number of carbonyl (C=O) groups excluding carboxylic acids is 1. The highest BCUT2D eigenvalue weighted by molar-refractivity contribution is 6.23. The predicted molar refractivity (Wildman–Crippen MR) is 43.1 cm³/mol. The Morgan fingerprint density at radius 3 is 2.90 bits per heavy atom. The zero-order chi connectivity index (χ0) is 7.56. The third-order valence-corrected chi connectivity index (χ3v) is 1.65. The zero-order valence-corrected chi connectivity index (χ0v) is 6.00. The number of rotatable bonds is 1. The van der Waals surface area contributed by atoms with Gasteiger partial charge in [0.1, 0.15) is 7.85 Å². The summed E-state index contributed by atoms with van der Waals surface area (Å²) in [6.07, 6.45) is 6.57. The Hall–Kier alpha value is -0.985. The van der Waals surface area contributed by atoms with E-state index in [2.05, 4.69) is 0 Å². The van der Waals surface area contributed by atoms with Gasteiger partial charge in [-0.3, -0.25) is 4.79 Å². The van der Waals surface area contributed by atoms with Crippen molar-refractivity contribution in [2.75, 3.05) is 0 Å². The van der Waals surface area contributed by atoms with Gasteiger partial charge in [-0.15, -0.1) is 0 Å². The van der Waals surface area contributed by atoms with Crippen molar-refractivity contribution in [3.8, 4) is 0 Å². The Kier molecular flexibility index (Phi) is 1.95. The average molecular weight is 135 g/mol. The van der Waals surface area contributed by atoms with Gasteiger partial charge in [-0.25, -0.2) is 0 Å². The van der Waals surface area contributed by atoms with E-state index in [-0.39, 0.29) is 11.8 Å². The fourth-order valence-electron chi connectivity index (χ4n) is 0.938. The van der Waals surface area contributed by atoms with Gasteiger partial charge in [0.25, 0.3) is 0 Å². The number of primary amides is 1. The molecule has 0 fully saturated rings. The molecule has 10 heavy (non-hydrogen) atoms. The van der Waals surface area contributed by atoms with Crippen LogP contribution >= 0.6 is 0 Å². The van der Waals surface area contributed by atoms with E-state index in [9.17, 15) is 4.79 Å². The van der Waals surface area contributed by atoms with Crippen LogP contribution in [-0.2, 0) is 4.79 Å². The molecule has 0 aromatic heterocycles. The average Bonchev–Trinajstić information content (AvgIpc) is 1.88. The zero-order valence-electron chi connectivity index (χ0n) is 6.00.